The van der Waals surface area contributed by atoms with E-state index in [1.165, 1.54) is 16.5 Å². The fourth-order valence-corrected chi connectivity index (χ4v) is 2.66. The van der Waals surface area contributed by atoms with Crippen molar-refractivity contribution in [1.82, 2.24) is 10.3 Å². The number of rotatable bonds is 3. The van der Waals surface area contributed by atoms with Crippen LogP contribution in [0.25, 0.3) is 10.9 Å². The van der Waals surface area contributed by atoms with E-state index in [2.05, 4.69) is 48.4 Å². The second-order valence-corrected chi connectivity index (χ2v) is 5.39. The van der Waals surface area contributed by atoms with Crippen LogP contribution in [-0.2, 0) is 11.3 Å². The highest BCUT2D eigenvalue weighted by Crippen LogP contribution is 2.26. The summed E-state index contributed by atoms with van der Waals surface area (Å²) < 4.78 is 5.66. The molecule has 0 aliphatic carbocycles. The van der Waals surface area contributed by atoms with Crippen molar-refractivity contribution in [3.8, 4) is 0 Å². The number of hydrogen-bond donors (Lipinski definition) is 2. The molecule has 2 atom stereocenters. The van der Waals surface area contributed by atoms with Crippen LogP contribution in [0.3, 0.4) is 0 Å². The molecular weight excluding hydrogens is 224 g/mol. The summed E-state index contributed by atoms with van der Waals surface area (Å²) in [5.74, 6) is 0. The molecule has 0 amide bonds. The van der Waals surface area contributed by atoms with Gasteiger partial charge in [-0.15, -0.1) is 0 Å². The van der Waals surface area contributed by atoms with Crippen LogP contribution in [0.4, 0.5) is 0 Å². The van der Waals surface area contributed by atoms with Crippen molar-refractivity contribution in [1.29, 1.82) is 0 Å². The SMILES string of the molecule is CC1OCCC1(C)NCc1cccc2cc[nH]c12. The standard InChI is InChI=1S/C15H20N2O/c1-11-15(2,7-9-18-11)17-10-13-5-3-4-12-6-8-16-14(12)13/h3-6,8,11,16-17H,7,9-10H2,1-2H3. The molecule has 2 unspecified atom stereocenters. The molecule has 0 bridgehead atoms. The van der Waals surface area contributed by atoms with Gasteiger partial charge in [0.15, 0.2) is 0 Å². The molecule has 18 heavy (non-hydrogen) atoms. The maximum atomic E-state index is 5.66. The van der Waals surface area contributed by atoms with Crippen LogP contribution in [0.1, 0.15) is 25.8 Å². The average Bonchev–Trinajstić information content (AvgIpc) is 2.95. The van der Waals surface area contributed by atoms with Gasteiger partial charge in [-0.2, -0.15) is 0 Å². The summed E-state index contributed by atoms with van der Waals surface area (Å²) in [5.41, 5.74) is 2.65. The number of ether oxygens (including phenoxy) is 1. The van der Waals surface area contributed by atoms with E-state index in [0.717, 1.165) is 19.6 Å². The second kappa shape index (κ2) is 4.41. The molecule has 3 rings (SSSR count). The fraction of sp³-hybridized carbons (Fsp3) is 0.467. The van der Waals surface area contributed by atoms with E-state index < -0.39 is 0 Å². The Morgan fingerprint density at radius 3 is 3.11 bits per heavy atom. The van der Waals surface area contributed by atoms with Crippen molar-refractivity contribution in [3.05, 3.63) is 36.0 Å². The van der Waals surface area contributed by atoms with Gasteiger partial charge >= 0.3 is 0 Å². The van der Waals surface area contributed by atoms with Gasteiger partial charge in [0.25, 0.3) is 0 Å². The summed E-state index contributed by atoms with van der Waals surface area (Å²) in [6, 6.07) is 8.54. The van der Waals surface area contributed by atoms with Crippen molar-refractivity contribution in [2.24, 2.45) is 0 Å². The number of nitrogens with one attached hydrogen (secondary N) is 2. The summed E-state index contributed by atoms with van der Waals surface area (Å²) in [6.45, 7) is 6.13. The molecule has 1 aliphatic rings. The lowest BCUT2D eigenvalue weighted by Gasteiger charge is -2.29. The maximum Gasteiger partial charge on any atom is 0.0726 e. The van der Waals surface area contributed by atoms with Gasteiger partial charge in [-0.05, 0) is 37.3 Å². The number of aromatic amines is 1. The van der Waals surface area contributed by atoms with Crippen LogP contribution in [-0.4, -0.2) is 23.2 Å². The van der Waals surface area contributed by atoms with E-state index in [4.69, 9.17) is 4.74 Å². The highest BCUT2D eigenvalue weighted by molar-refractivity contribution is 5.82. The predicted molar refractivity (Wildman–Crippen MR) is 73.6 cm³/mol. The first-order chi connectivity index (χ1) is 8.69. The van der Waals surface area contributed by atoms with Gasteiger partial charge in [0.1, 0.15) is 0 Å². The van der Waals surface area contributed by atoms with E-state index in [9.17, 15) is 0 Å². The van der Waals surface area contributed by atoms with Gasteiger partial charge in [0.2, 0.25) is 0 Å². The Morgan fingerprint density at radius 2 is 2.33 bits per heavy atom. The minimum atomic E-state index is 0.0920. The fourth-order valence-electron chi connectivity index (χ4n) is 2.66. The molecule has 96 valence electrons. The van der Waals surface area contributed by atoms with Crippen LogP contribution in [0.15, 0.2) is 30.5 Å². The third-order valence-electron chi connectivity index (χ3n) is 4.24. The zero-order chi connectivity index (χ0) is 12.6. The van der Waals surface area contributed by atoms with E-state index in [1.807, 2.05) is 6.20 Å². The van der Waals surface area contributed by atoms with Crippen LogP contribution >= 0.6 is 0 Å². The molecule has 0 saturated carbocycles. The van der Waals surface area contributed by atoms with Crippen molar-refractivity contribution < 1.29 is 4.74 Å². The van der Waals surface area contributed by atoms with Gasteiger partial charge < -0.3 is 15.0 Å². The van der Waals surface area contributed by atoms with Crippen LogP contribution in [0, 0.1) is 0 Å². The lowest BCUT2D eigenvalue weighted by atomic mass is 9.94. The Bertz CT molecular complexity index is 548. The number of para-hydroxylation sites is 1. The number of aromatic nitrogens is 1. The number of hydrogen-bond acceptors (Lipinski definition) is 2. The summed E-state index contributed by atoms with van der Waals surface area (Å²) in [4.78, 5) is 3.32. The van der Waals surface area contributed by atoms with E-state index >= 15 is 0 Å². The predicted octanol–water partition coefficient (Wildman–Crippen LogP) is 2.83. The Morgan fingerprint density at radius 1 is 1.44 bits per heavy atom. The topological polar surface area (TPSA) is 37.0 Å². The largest absolute Gasteiger partial charge is 0.377 e. The van der Waals surface area contributed by atoms with Crippen molar-refractivity contribution >= 4 is 10.9 Å². The zero-order valence-corrected chi connectivity index (χ0v) is 11.0. The summed E-state index contributed by atoms with van der Waals surface area (Å²) in [6.07, 6.45) is 3.35. The minimum absolute atomic E-state index is 0.0920. The highest BCUT2D eigenvalue weighted by atomic mass is 16.5. The Kier molecular flexibility index (Phi) is 2.88. The molecule has 1 fully saturated rings. The molecule has 1 aliphatic heterocycles. The van der Waals surface area contributed by atoms with E-state index in [-0.39, 0.29) is 11.6 Å². The zero-order valence-electron chi connectivity index (χ0n) is 11.0. The van der Waals surface area contributed by atoms with Crippen molar-refractivity contribution in [2.45, 2.75) is 38.5 Å². The molecule has 2 aromatic rings. The third kappa shape index (κ3) is 1.93. The quantitative estimate of drug-likeness (QED) is 0.871. The first-order valence-corrected chi connectivity index (χ1v) is 6.61. The van der Waals surface area contributed by atoms with Crippen LogP contribution in [0.2, 0.25) is 0 Å². The molecule has 3 heteroatoms. The summed E-state index contributed by atoms with van der Waals surface area (Å²) in [7, 11) is 0. The normalized spacial score (nSPS) is 28.0. The molecule has 0 spiro atoms. The van der Waals surface area contributed by atoms with E-state index in [0.29, 0.717) is 0 Å². The maximum absolute atomic E-state index is 5.66. The molecule has 2 heterocycles. The van der Waals surface area contributed by atoms with Crippen molar-refractivity contribution in [3.63, 3.8) is 0 Å². The molecule has 3 nitrogen and oxygen atoms in total. The van der Waals surface area contributed by atoms with Gasteiger partial charge in [-0.25, -0.2) is 0 Å². The molecule has 0 radical (unpaired) electrons. The average molecular weight is 244 g/mol. The Balaban J connectivity index is 1.79. The highest BCUT2D eigenvalue weighted by Gasteiger charge is 2.36. The minimum Gasteiger partial charge on any atom is -0.377 e. The molecular formula is C15H20N2O. The number of H-pyrrole nitrogens is 1. The summed E-state index contributed by atoms with van der Waals surface area (Å²) >= 11 is 0. The first-order valence-electron chi connectivity index (χ1n) is 6.61. The van der Waals surface area contributed by atoms with Gasteiger partial charge in [-0.1, -0.05) is 18.2 Å². The molecule has 1 aromatic carbocycles. The summed E-state index contributed by atoms with van der Waals surface area (Å²) in [5, 5.41) is 4.93. The monoisotopic (exact) mass is 244 g/mol. The number of benzene rings is 1. The number of fused-ring (bicyclic) bond motifs is 1. The lowest BCUT2D eigenvalue weighted by molar-refractivity contribution is 0.0882. The molecule has 1 aromatic heterocycles. The van der Waals surface area contributed by atoms with Crippen molar-refractivity contribution in [2.75, 3.05) is 6.61 Å². The van der Waals surface area contributed by atoms with Crippen LogP contribution in [0.5, 0.6) is 0 Å². The van der Waals surface area contributed by atoms with Gasteiger partial charge in [-0.3, -0.25) is 0 Å². The lowest BCUT2D eigenvalue weighted by Crippen LogP contribution is -2.47. The third-order valence-corrected chi connectivity index (χ3v) is 4.24. The van der Waals surface area contributed by atoms with Crippen LogP contribution < -0.4 is 5.32 Å². The van der Waals surface area contributed by atoms with Gasteiger partial charge in [0.05, 0.1) is 6.10 Å². The Hall–Kier alpha value is -1.32. The smallest absolute Gasteiger partial charge is 0.0726 e. The molecule has 2 N–H and O–H groups in total. The Labute approximate surface area is 108 Å². The second-order valence-electron chi connectivity index (χ2n) is 5.39. The molecule has 1 saturated heterocycles. The first kappa shape index (κ1) is 11.8. The van der Waals surface area contributed by atoms with E-state index in [1.54, 1.807) is 0 Å². The van der Waals surface area contributed by atoms with Gasteiger partial charge in [0, 0.05) is 30.4 Å².